The van der Waals surface area contributed by atoms with Crippen LogP contribution in [0.4, 0.5) is 5.69 Å². The van der Waals surface area contributed by atoms with Gasteiger partial charge in [0.25, 0.3) is 0 Å². The maximum absolute atomic E-state index is 8.72. The van der Waals surface area contributed by atoms with Crippen molar-refractivity contribution in [3.8, 4) is 6.07 Å². The van der Waals surface area contributed by atoms with E-state index >= 15 is 0 Å². The van der Waals surface area contributed by atoms with Gasteiger partial charge in [-0.2, -0.15) is 5.26 Å². The summed E-state index contributed by atoms with van der Waals surface area (Å²) in [4.78, 5) is 4.03. The van der Waals surface area contributed by atoms with Crippen molar-refractivity contribution >= 4 is 16.7 Å². The first kappa shape index (κ1) is 12.2. The molecule has 0 aliphatic rings. The second kappa shape index (κ2) is 5.06. The standard InChI is InChI=1S/C16H13N3O/c1-11(19-14-7-6-13(9-17)18-10-14)16-8-12-4-2-3-5-15(12)20-16/h2-8,10-11,19H,1H3. The molecule has 4 nitrogen and oxygen atoms in total. The van der Waals surface area contributed by atoms with Crippen LogP contribution in [0.15, 0.2) is 53.1 Å². The Morgan fingerprint density at radius 3 is 2.80 bits per heavy atom. The monoisotopic (exact) mass is 263 g/mol. The molecule has 2 aromatic heterocycles. The Balaban J connectivity index is 1.81. The number of hydrogen-bond acceptors (Lipinski definition) is 4. The van der Waals surface area contributed by atoms with Crippen molar-refractivity contribution in [1.82, 2.24) is 4.98 Å². The van der Waals surface area contributed by atoms with E-state index in [1.807, 2.05) is 49.4 Å². The molecule has 2 heterocycles. The van der Waals surface area contributed by atoms with E-state index in [2.05, 4.69) is 10.3 Å². The minimum atomic E-state index is 0.0251. The van der Waals surface area contributed by atoms with Gasteiger partial charge in [-0.15, -0.1) is 0 Å². The smallest absolute Gasteiger partial charge is 0.140 e. The Labute approximate surface area is 116 Å². The van der Waals surface area contributed by atoms with E-state index in [1.54, 1.807) is 12.3 Å². The van der Waals surface area contributed by atoms with Crippen molar-refractivity contribution in [1.29, 1.82) is 5.26 Å². The molecule has 20 heavy (non-hydrogen) atoms. The van der Waals surface area contributed by atoms with Crippen LogP contribution in [0, 0.1) is 11.3 Å². The number of nitriles is 1. The fourth-order valence-corrected chi connectivity index (χ4v) is 2.08. The first-order valence-corrected chi connectivity index (χ1v) is 6.37. The third-order valence-electron chi connectivity index (χ3n) is 3.13. The number of para-hydroxylation sites is 1. The lowest BCUT2D eigenvalue weighted by Crippen LogP contribution is -2.05. The zero-order valence-electron chi connectivity index (χ0n) is 11.0. The Bertz CT molecular complexity index is 735. The summed E-state index contributed by atoms with van der Waals surface area (Å²) in [7, 11) is 0. The first-order chi connectivity index (χ1) is 9.76. The largest absolute Gasteiger partial charge is 0.459 e. The van der Waals surface area contributed by atoms with Crippen molar-refractivity contribution in [3.05, 3.63) is 60.1 Å². The van der Waals surface area contributed by atoms with Gasteiger partial charge in [0.05, 0.1) is 17.9 Å². The lowest BCUT2D eigenvalue weighted by atomic mass is 10.2. The van der Waals surface area contributed by atoms with E-state index in [0.29, 0.717) is 5.69 Å². The molecule has 0 saturated heterocycles. The van der Waals surface area contributed by atoms with Gasteiger partial charge in [-0.05, 0) is 31.2 Å². The molecule has 0 aliphatic heterocycles. The highest BCUT2D eigenvalue weighted by Crippen LogP contribution is 2.25. The van der Waals surface area contributed by atoms with Crippen LogP contribution in [-0.4, -0.2) is 4.98 Å². The number of fused-ring (bicyclic) bond motifs is 1. The summed E-state index contributed by atoms with van der Waals surface area (Å²) in [5.41, 5.74) is 2.15. The van der Waals surface area contributed by atoms with E-state index in [-0.39, 0.29) is 6.04 Å². The normalized spacial score (nSPS) is 12.0. The molecule has 0 aliphatic carbocycles. The predicted octanol–water partition coefficient (Wildman–Crippen LogP) is 3.87. The number of nitrogens with one attached hydrogen (secondary N) is 1. The molecular formula is C16H13N3O. The summed E-state index contributed by atoms with van der Waals surface area (Å²) >= 11 is 0. The first-order valence-electron chi connectivity index (χ1n) is 6.37. The summed E-state index contributed by atoms with van der Waals surface area (Å²) < 4.78 is 5.81. The summed E-state index contributed by atoms with van der Waals surface area (Å²) in [5, 5.41) is 13.1. The molecule has 0 fully saturated rings. The SMILES string of the molecule is CC(Nc1ccc(C#N)nc1)c1cc2ccccc2o1. The van der Waals surface area contributed by atoms with E-state index in [0.717, 1.165) is 22.4 Å². The minimum Gasteiger partial charge on any atom is -0.459 e. The molecule has 0 spiro atoms. The highest BCUT2D eigenvalue weighted by molar-refractivity contribution is 5.77. The topological polar surface area (TPSA) is 61.9 Å². The molecule has 3 aromatic rings. The van der Waals surface area contributed by atoms with E-state index in [9.17, 15) is 0 Å². The molecule has 0 saturated carbocycles. The quantitative estimate of drug-likeness (QED) is 0.779. The molecule has 4 heteroatoms. The second-order valence-electron chi connectivity index (χ2n) is 4.60. The van der Waals surface area contributed by atoms with Gasteiger partial charge >= 0.3 is 0 Å². The van der Waals surface area contributed by atoms with Crippen LogP contribution in [0.2, 0.25) is 0 Å². The van der Waals surface area contributed by atoms with E-state index < -0.39 is 0 Å². The molecule has 1 atom stereocenters. The molecule has 1 unspecified atom stereocenters. The van der Waals surface area contributed by atoms with Gasteiger partial charge in [0, 0.05) is 5.39 Å². The molecule has 0 radical (unpaired) electrons. The number of anilines is 1. The fourth-order valence-electron chi connectivity index (χ4n) is 2.08. The number of hydrogen-bond donors (Lipinski definition) is 1. The molecule has 1 N–H and O–H groups in total. The van der Waals surface area contributed by atoms with Crippen LogP contribution in [0.25, 0.3) is 11.0 Å². The van der Waals surface area contributed by atoms with Crippen LogP contribution < -0.4 is 5.32 Å². The minimum absolute atomic E-state index is 0.0251. The van der Waals surface area contributed by atoms with Crippen molar-refractivity contribution in [3.63, 3.8) is 0 Å². The van der Waals surface area contributed by atoms with Crippen LogP contribution in [0.3, 0.4) is 0 Å². The molecular weight excluding hydrogens is 250 g/mol. The van der Waals surface area contributed by atoms with Gasteiger partial charge in [0.2, 0.25) is 0 Å². The van der Waals surface area contributed by atoms with Gasteiger partial charge in [-0.1, -0.05) is 18.2 Å². The number of aromatic nitrogens is 1. The number of benzene rings is 1. The maximum Gasteiger partial charge on any atom is 0.140 e. The van der Waals surface area contributed by atoms with Gasteiger partial charge < -0.3 is 9.73 Å². The summed E-state index contributed by atoms with van der Waals surface area (Å²) in [6.45, 7) is 2.02. The molecule has 98 valence electrons. The lowest BCUT2D eigenvalue weighted by molar-refractivity contribution is 0.526. The number of furan rings is 1. The second-order valence-corrected chi connectivity index (χ2v) is 4.60. The number of rotatable bonds is 3. The third-order valence-corrected chi connectivity index (χ3v) is 3.13. The Morgan fingerprint density at radius 2 is 2.10 bits per heavy atom. The van der Waals surface area contributed by atoms with Crippen molar-refractivity contribution in [2.75, 3.05) is 5.32 Å². The highest BCUT2D eigenvalue weighted by Gasteiger charge is 2.11. The molecule has 3 rings (SSSR count). The van der Waals surface area contributed by atoms with Crippen LogP contribution in [-0.2, 0) is 0 Å². The zero-order chi connectivity index (χ0) is 13.9. The van der Waals surface area contributed by atoms with Crippen molar-refractivity contribution < 1.29 is 4.42 Å². The van der Waals surface area contributed by atoms with Gasteiger partial charge in [0.15, 0.2) is 0 Å². The lowest BCUT2D eigenvalue weighted by Gasteiger charge is -2.12. The summed E-state index contributed by atoms with van der Waals surface area (Å²) in [6, 6.07) is 15.5. The van der Waals surface area contributed by atoms with Crippen molar-refractivity contribution in [2.45, 2.75) is 13.0 Å². The summed E-state index contributed by atoms with van der Waals surface area (Å²) in [5.74, 6) is 0.871. The van der Waals surface area contributed by atoms with Gasteiger partial charge in [-0.3, -0.25) is 0 Å². The van der Waals surface area contributed by atoms with E-state index in [4.69, 9.17) is 9.68 Å². The van der Waals surface area contributed by atoms with Crippen molar-refractivity contribution in [2.24, 2.45) is 0 Å². The fraction of sp³-hybridized carbons (Fsp3) is 0.125. The predicted molar refractivity (Wildman–Crippen MR) is 77.2 cm³/mol. The highest BCUT2D eigenvalue weighted by atomic mass is 16.3. The Hall–Kier alpha value is -2.80. The van der Waals surface area contributed by atoms with Crippen LogP contribution >= 0.6 is 0 Å². The van der Waals surface area contributed by atoms with E-state index in [1.165, 1.54) is 0 Å². The average molecular weight is 263 g/mol. The number of nitrogens with zero attached hydrogens (tertiary/aromatic N) is 2. The van der Waals surface area contributed by atoms with Gasteiger partial charge in [0.1, 0.15) is 23.1 Å². The molecule has 0 amide bonds. The number of pyridine rings is 1. The summed E-state index contributed by atoms with van der Waals surface area (Å²) in [6.07, 6.45) is 1.65. The average Bonchev–Trinajstić information content (AvgIpc) is 2.92. The van der Waals surface area contributed by atoms with Gasteiger partial charge in [-0.25, -0.2) is 4.98 Å². The van der Waals surface area contributed by atoms with Crippen LogP contribution in [0.1, 0.15) is 24.4 Å². The third kappa shape index (κ3) is 2.34. The maximum atomic E-state index is 8.72. The Morgan fingerprint density at radius 1 is 1.25 bits per heavy atom. The van der Waals surface area contributed by atoms with Crippen LogP contribution in [0.5, 0.6) is 0 Å². The molecule has 0 bridgehead atoms. The zero-order valence-corrected chi connectivity index (χ0v) is 11.0. The Kier molecular flexibility index (Phi) is 3.10. The molecule has 1 aromatic carbocycles.